The van der Waals surface area contributed by atoms with E-state index in [0.29, 0.717) is 18.8 Å². The Morgan fingerprint density at radius 2 is 1.72 bits per heavy atom. The Morgan fingerprint density at radius 1 is 0.938 bits per heavy atom. The van der Waals surface area contributed by atoms with E-state index in [1.54, 1.807) is 0 Å². The van der Waals surface area contributed by atoms with Crippen molar-refractivity contribution in [1.82, 2.24) is 5.32 Å². The van der Waals surface area contributed by atoms with Crippen LogP contribution in [0.1, 0.15) is 52.9 Å². The molecule has 0 aromatic heterocycles. The van der Waals surface area contributed by atoms with Crippen LogP contribution in [0.2, 0.25) is 0 Å². The summed E-state index contributed by atoms with van der Waals surface area (Å²) in [5, 5.41) is 3.11. The normalized spacial score (nSPS) is 11.6. The molecule has 0 radical (unpaired) electrons. The van der Waals surface area contributed by atoms with E-state index in [4.69, 9.17) is 9.47 Å². The van der Waals surface area contributed by atoms with Gasteiger partial charge in [-0.2, -0.15) is 0 Å². The Hall–Kier alpha value is -3.27. The first-order chi connectivity index (χ1) is 15.5. The van der Waals surface area contributed by atoms with Gasteiger partial charge in [0.1, 0.15) is 18.1 Å². The standard InChI is InChI=1S/C28H33NO3/c1-5-31-27-16-14-24(18-25(27)19-32-26-15-11-20(2)21(3)17-26)28(30)29-22(4)12-13-23-9-7-6-8-10-23/h6-11,14-18,22H,5,12-13,19H2,1-4H3,(H,29,30)/t22-/m1/s1. The maximum absolute atomic E-state index is 12.9. The first kappa shape index (κ1) is 23.4. The van der Waals surface area contributed by atoms with Gasteiger partial charge < -0.3 is 14.8 Å². The Kier molecular flexibility index (Phi) is 8.32. The van der Waals surface area contributed by atoms with Gasteiger partial charge in [0.15, 0.2) is 0 Å². The van der Waals surface area contributed by atoms with Crippen LogP contribution < -0.4 is 14.8 Å². The fourth-order valence-electron chi connectivity index (χ4n) is 3.50. The molecule has 0 unspecified atom stereocenters. The minimum absolute atomic E-state index is 0.0736. The Bertz CT molecular complexity index is 1030. The van der Waals surface area contributed by atoms with E-state index in [0.717, 1.165) is 29.9 Å². The fraction of sp³-hybridized carbons (Fsp3) is 0.321. The molecule has 0 spiro atoms. The zero-order valence-electron chi connectivity index (χ0n) is 19.5. The molecule has 0 saturated carbocycles. The van der Waals surface area contributed by atoms with E-state index in [1.807, 2.05) is 62.4 Å². The Labute approximate surface area is 191 Å². The number of carbonyl (C=O) groups excluding carboxylic acids is 1. The molecule has 32 heavy (non-hydrogen) atoms. The van der Waals surface area contributed by atoms with Crippen LogP contribution in [0.15, 0.2) is 66.7 Å². The van der Waals surface area contributed by atoms with Crippen LogP contribution in [0.3, 0.4) is 0 Å². The van der Waals surface area contributed by atoms with Gasteiger partial charge in [0, 0.05) is 17.2 Å². The topological polar surface area (TPSA) is 47.6 Å². The third-order valence-electron chi connectivity index (χ3n) is 5.58. The van der Waals surface area contributed by atoms with Crippen molar-refractivity contribution in [3.05, 3.63) is 94.5 Å². The molecule has 3 rings (SSSR count). The summed E-state index contributed by atoms with van der Waals surface area (Å²) in [4.78, 5) is 12.9. The highest BCUT2D eigenvalue weighted by atomic mass is 16.5. The molecule has 1 atom stereocenters. The lowest BCUT2D eigenvalue weighted by Gasteiger charge is -2.16. The van der Waals surface area contributed by atoms with E-state index in [9.17, 15) is 4.79 Å². The molecule has 168 valence electrons. The molecule has 3 aromatic carbocycles. The number of rotatable bonds is 10. The molecule has 0 bridgehead atoms. The highest BCUT2D eigenvalue weighted by Crippen LogP contribution is 2.24. The molecule has 1 amide bonds. The number of amides is 1. The van der Waals surface area contributed by atoms with Crippen LogP contribution in [0, 0.1) is 13.8 Å². The summed E-state index contributed by atoms with van der Waals surface area (Å²) < 4.78 is 11.8. The number of nitrogens with one attached hydrogen (secondary N) is 1. The summed E-state index contributed by atoms with van der Waals surface area (Å²) >= 11 is 0. The van der Waals surface area contributed by atoms with Gasteiger partial charge >= 0.3 is 0 Å². The third kappa shape index (κ3) is 6.61. The smallest absolute Gasteiger partial charge is 0.251 e. The van der Waals surface area contributed by atoms with Crippen LogP contribution in [0.5, 0.6) is 11.5 Å². The molecule has 0 saturated heterocycles. The molecule has 0 heterocycles. The van der Waals surface area contributed by atoms with Crippen molar-refractivity contribution in [3.8, 4) is 11.5 Å². The van der Waals surface area contributed by atoms with Gasteiger partial charge in [0.2, 0.25) is 0 Å². The second kappa shape index (κ2) is 11.4. The predicted molar refractivity (Wildman–Crippen MR) is 130 cm³/mol. The number of hydrogen-bond acceptors (Lipinski definition) is 3. The van der Waals surface area contributed by atoms with Crippen molar-refractivity contribution >= 4 is 5.91 Å². The number of hydrogen-bond donors (Lipinski definition) is 1. The number of benzene rings is 3. The first-order valence-corrected chi connectivity index (χ1v) is 11.3. The summed E-state index contributed by atoms with van der Waals surface area (Å²) in [7, 11) is 0. The second-order valence-corrected chi connectivity index (χ2v) is 8.19. The molecular formula is C28H33NO3. The van der Waals surface area contributed by atoms with Gasteiger partial charge in [0.05, 0.1) is 6.61 Å². The van der Waals surface area contributed by atoms with Crippen LogP contribution in [-0.2, 0) is 13.0 Å². The van der Waals surface area contributed by atoms with Gasteiger partial charge in [-0.05, 0) is 87.6 Å². The zero-order valence-corrected chi connectivity index (χ0v) is 19.5. The molecule has 1 N–H and O–H groups in total. The summed E-state index contributed by atoms with van der Waals surface area (Å²) in [5.41, 5.74) is 5.16. The van der Waals surface area contributed by atoms with Crippen LogP contribution in [-0.4, -0.2) is 18.6 Å². The van der Waals surface area contributed by atoms with E-state index < -0.39 is 0 Å². The van der Waals surface area contributed by atoms with Gasteiger partial charge in [-0.25, -0.2) is 0 Å². The molecule has 0 aliphatic heterocycles. The number of carbonyl (C=O) groups is 1. The van der Waals surface area contributed by atoms with E-state index >= 15 is 0 Å². The van der Waals surface area contributed by atoms with Gasteiger partial charge in [-0.3, -0.25) is 4.79 Å². The van der Waals surface area contributed by atoms with Crippen molar-refractivity contribution in [2.75, 3.05) is 6.61 Å². The van der Waals surface area contributed by atoms with E-state index in [-0.39, 0.29) is 11.9 Å². The minimum Gasteiger partial charge on any atom is -0.493 e. The Morgan fingerprint density at radius 3 is 2.44 bits per heavy atom. The van der Waals surface area contributed by atoms with Crippen LogP contribution >= 0.6 is 0 Å². The SMILES string of the molecule is CCOc1ccc(C(=O)N[C@H](C)CCc2ccccc2)cc1COc1ccc(C)c(C)c1. The van der Waals surface area contributed by atoms with Crippen molar-refractivity contribution < 1.29 is 14.3 Å². The monoisotopic (exact) mass is 431 g/mol. The highest BCUT2D eigenvalue weighted by molar-refractivity contribution is 5.94. The van der Waals surface area contributed by atoms with Crippen LogP contribution in [0.4, 0.5) is 0 Å². The molecule has 3 aromatic rings. The summed E-state index contributed by atoms with van der Waals surface area (Å²) in [6, 6.07) is 22.0. The maximum Gasteiger partial charge on any atom is 0.251 e. The molecule has 4 heteroatoms. The first-order valence-electron chi connectivity index (χ1n) is 11.3. The minimum atomic E-state index is -0.0824. The summed E-state index contributed by atoms with van der Waals surface area (Å²) in [6.07, 6.45) is 1.82. The van der Waals surface area contributed by atoms with Gasteiger partial charge in [-0.15, -0.1) is 0 Å². The lowest BCUT2D eigenvalue weighted by atomic mass is 10.1. The van der Waals surface area contributed by atoms with Crippen molar-refractivity contribution in [2.45, 2.75) is 53.2 Å². The Balaban J connectivity index is 1.65. The molecule has 0 aliphatic carbocycles. The summed E-state index contributed by atoms with van der Waals surface area (Å²) in [5.74, 6) is 1.46. The quantitative estimate of drug-likeness (QED) is 0.426. The van der Waals surface area contributed by atoms with E-state index in [1.165, 1.54) is 16.7 Å². The lowest BCUT2D eigenvalue weighted by Crippen LogP contribution is -2.33. The average molecular weight is 432 g/mol. The number of ether oxygens (including phenoxy) is 2. The van der Waals surface area contributed by atoms with Crippen LogP contribution in [0.25, 0.3) is 0 Å². The predicted octanol–water partition coefficient (Wildman–Crippen LogP) is 6.03. The molecular weight excluding hydrogens is 398 g/mol. The average Bonchev–Trinajstić information content (AvgIpc) is 2.80. The second-order valence-electron chi connectivity index (χ2n) is 8.19. The largest absolute Gasteiger partial charge is 0.493 e. The van der Waals surface area contributed by atoms with E-state index in [2.05, 4.69) is 37.4 Å². The molecule has 0 aliphatic rings. The maximum atomic E-state index is 12.9. The molecule has 0 fully saturated rings. The van der Waals surface area contributed by atoms with Crippen molar-refractivity contribution in [3.63, 3.8) is 0 Å². The lowest BCUT2D eigenvalue weighted by molar-refractivity contribution is 0.0938. The zero-order chi connectivity index (χ0) is 22.9. The third-order valence-corrected chi connectivity index (χ3v) is 5.58. The van der Waals surface area contributed by atoms with Gasteiger partial charge in [0.25, 0.3) is 5.91 Å². The molecule has 4 nitrogen and oxygen atoms in total. The van der Waals surface area contributed by atoms with Crippen molar-refractivity contribution in [2.24, 2.45) is 0 Å². The van der Waals surface area contributed by atoms with Crippen molar-refractivity contribution in [1.29, 1.82) is 0 Å². The summed E-state index contributed by atoms with van der Waals surface area (Å²) in [6.45, 7) is 9.02. The van der Waals surface area contributed by atoms with Gasteiger partial charge in [-0.1, -0.05) is 36.4 Å². The number of aryl methyl sites for hydroxylation is 3. The highest BCUT2D eigenvalue weighted by Gasteiger charge is 2.14. The fourth-order valence-corrected chi connectivity index (χ4v) is 3.50.